The van der Waals surface area contributed by atoms with Crippen molar-refractivity contribution in [2.45, 2.75) is 57.7 Å². The van der Waals surface area contributed by atoms with Crippen molar-refractivity contribution in [3.05, 3.63) is 24.4 Å². The number of halogens is 1. The smallest absolute Gasteiger partial charge is 0.191 e. The second kappa shape index (κ2) is 8.94. The molecule has 2 fully saturated rings. The van der Waals surface area contributed by atoms with Crippen LogP contribution in [0.2, 0.25) is 0 Å². The van der Waals surface area contributed by atoms with E-state index in [2.05, 4.69) is 52.3 Å². The number of methoxy groups -OCH3 is 1. The van der Waals surface area contributed by atoms with Gasteiger partial charge >= 0.3 is 0 Å². The van der Waals surface area contributed by atoms with Gasteiger partial charge in [0, 0.05) is 50.9 Å². The highest BCUT2D eigenvalue weighted by Gasteiger charge is 2.58. The maximum absolute atomic E-state index is 5.73. The molecule has 1 saturated heterocycles. The number of aliphatic imine (C=N–C) groups is 1. The average molecular weight is 487 g/mol. The zero-order valence-corrected chi connectivity index (χ0v) is 19.5. The minimum atomic E-state index is -0.0719. The number of rotatable bonds is 4. The standard InChI is InChI=1S/C20H33N5O.HI/c1-19(2)16(14-20(19,3)26-5)24-18(21-4)23-15-9-12-25(13-10-15)17-8-6-7-11-22-17;/h6-8,11,15-16H,9-10,12-14H2,1-5H3,(H2,21,23,24);1H. The quantitative estimate of drug-likeness (QED) is 0.389. The van der Waals surface area contributed by atoms with Gasteiger partial charge in [-0.3, -0.25) is 4.99 Å². The number of aromatic nitrogens is 1. The summed E-state index contributed by atoms with van der Waals surface area (Å²) in [5.74, 6) is 1.97. The molecule has 1 saturated carbocycles. The summed E-state index contributed by atoms with van der Waals surface area (Å²) in [6.45, 7) is 8.74. The van der Waals surface area contributed by atoms with E-state index in [1.807, 2.05) is 25.4 Å². The summed E-state index contributed by atoms with van der Waals surface area (Å²) in [5.41, 5.74) is -0.000740. The molecule has 1 aromatic heterocycles. The van der Waals surface area contributed by atoms with E-state index >= 15 is 0 Å². The Labute approximate surface area is 180 Å². The van der Waals surface area contributed by atoms with Gasteiger partial charge in [-0.2, -0.15) is 0 Å². The molecule has 1 aliphatic heterocycles. The molecule has 2 N–H and O–H groups in total. The number of anilines is 1. The third kappa shape index (κ3) is 4.50. The first-order valence-corrected chi connectivity index (χ1v) is 9.60. The molecule has 2 unspecified atom stereocenters. The third-order valence-electron chi connectivity index (χ3n) is 6.62. The predicted octanol–water partition coefficient (Wildman–Crippen LogP) is 3.04. The minimum Gasteiger partial charge on any atom is -0.378 e. The van der Waals surface area contributed by atoms with Crippen molar-refractivity contribution < 1.29 is 4.74 Å². The molecular formula is C20H34IN5O. The summed E-state index contributed by atoms with van der Waals surface area (Å²) >= 11 is 0. The summed E-state index contributed by atoms with van der Waals surface area (Å²) in [4.78, 5) is 11.3. The first-order valence-electron chi connectivity index (χ1n) is 9.60. The minimum absolute atomic E-state index is 0. The van der Waals surface area contributed by atoms with Crippen molar-refractivity contribution in [3.8, 4) is 0 Å². The fourth-order valence-electron chi connectivity index (χ4n) is 4.05. The van der Waals surface area contributed by atoms with Crippen molar-refractivity contribution in [2.24, 2.45) is 10.4 Å². The fraction of sp³-hybridized carbons (Fsp3) is 0.700. The van der Waals surface area contributed by atoms with Gasteiger partial charge in [0.2, 0.25) is 0 Å². The maximum atomic E-state index is 5.73. The van der Waals surface area contributed by atoms with E-state index in [0.29, 0.717) is 12.1 Å². The Morgan fingerprint density at radius 1 is 1.22 bits per heavy atom. The molecule has 2 atom stereocenters. The fourth-order valence-corrected chi connectivity index (χ4v) is 4.05. The van der Waals surface area contributed by atoms with Crippen LogP contribution >= 0.6 is 24.0 Å². The highest BCUT2D eigenvalue weighted by molar-refractivity contribution is 14.0. The number of piperidine rings is 1. The summed E-state index contributed by atoms with van der Waals surface area (Å²) < 4.78 is 5.73. The molecule has 7 heteroatoms. The van der Waals surface area contributed by atoms with Gasteiger partial charge < -0.3 is 20.3 Å². The lowest BCUT2D eigenvalue weighted by Crippen LogP contribution is -2.69. The van der Waals surface area contributed by atoms with E-state index in [0.717, 1.165) is 44.1 Å². The summed E-state index contributed by atoms with van der Waals surface area (Å²) in [6.07, 6.45) is 5.02. The summed E-state index contributed by atoms with van der Waals surface area (Å²) in [7, 11) is 3.65. The lowest BCUT2D eigenvalue weighted by Gasteiger charge is -2.59. The van der Waals surface area contributed by atoms with Crippen molar-refractivity contribution in [1.29, 1.82) is 0 Å². The predicted molar refractivity (Wildman–Crippen MR) is 122 cm³/mol. The molecule has 0 bridgehead atoms. The van der Waals surface area contributed by atoms with Crippen LogP contribution in [0, 0.1) is 5.41 Å². The van der Waals surface area contributed by atoms with Gasteiger partial charge in [-0.25, -0.2) is 4.98 Å². The first-order chi connectivity index (χ1) is 12.4. The second-order valence-electron chi connectivity index (χ2n) is 8.22. The van der Waals surface area contributed by atoms with Crippen LogP contribution < -0.4 is 15.5 Å². The zero-order chi connectivity index (χ0) is 18.8. The molecule has 2 heterocycles. The SMILES string of the molecule is CN=C(NC1CCN(c2ccccn2)CC1)NC1CC(C)(OC)C1(C)C.I. The zero-order valence-electron chi connectivity index (χ0n) is 17.2. The van der Waals surface area contributed by atoms with Crippen LogP contribution in [-0.4, -0.2) is 55.9 Å². The van der Waals surface area contributed by atoms with Crippen LogP contribution in [0.1, 0.15) is 40.0 Å². The number of nitrogens with one attached hydrogen (secondary N) is 2. The maximum Gasteiger partial charge on any atom is 0.191 e. The molecular weight excluding hydrogens is 453 g/mol. The molecule has 6 nitrogen and oxygen atoms in total. The highest BCUT2D eigenvalue weighted by Crippen LogP contribution is 2.51. The van der Waals surface area contributed by atoms with E-state index in [9.17, 15) is 0 Å². The van der Waals surface area contributed by atoms with E-state index in [-0.39, 0.29) is 35.0 Å². The van der Waals surface area contributed by atoms with Gasteiger partial charge in [-0.15, -0.1) is 24.0 Å². The molecule has 1 aromatic rings. The van der Waals surface area contributed by atoms with Crippen LogP contribution in [0.5, 0.6) is 0 Å². The number of ether oxygens (including phenoxy) is 1. The van der Waals surface area contributed by atoms with Gasteiger partial charge in [0.1, 0.15) is 5.82 Å². The Hall–Kier alpha value is -1.09. The van der Waals surface area contributed by atoms with Crippen LogP contribution in [0.3, 0.4) is 0 Å². The lowest BCUT2D eigenvalue weighted by molar-refractivity contribution is -0.176. The third-order valence-corrected chi connectivity index (χ3v) is 6.62. The number of hydrogen-bond donors (Lipinski definition) is 2. The molecule has 0 amide bonds. The van der Waals surface area contributed by atoms with Crippen molar-refractivity contribution in [1.82, 2.24) is 15.6 Å². The van der Waals surface area contributed by atoms with Crippen molar-refractivity contribution in [2.75, 3.05) is 32.1 Å². The monoisotopic (exact) mass is 487 g/mol. The molecule has 0 radical (unpaired) electrons. The van der Waals surface area contributed by atoms with E-state index in [4.69, 9.17) is 4.74 Å². The van der Waals surface area contributed by atoms with Crippen molar-refractivity contribution in [3.63, 3.8) is 0 Å². The lowest BCUT2D eigenvalue weighted by atomic mass is 9.56. The van der Waals surface area contributed by atoms with E-state index in [1.165, 1.54) is 0 Å². The average Bonchev–Trinajstić information content (AvgIpc) is 2.67. The van der Waals surface area contributed by atoms with Gasteiger partial charge in [0.05, 0.1) is 5.60 Å². The van der Waals surface area contributed by atoms with Crippen LogP contribution in [-0.2, 0) is 4.74 Å². The van der Waals surface area contributed by atoms with Gasteiger partial charge in [-0.05, 0) is 38.3 Å². The molecule has 0 spiro atoms. The molecule has 1 aliphatic carbocycles. The molecule has 0 aromatic carbocycles. The number of hydrogen-bond acceptors (Lipinski definition) is 4. The Kier molecular flexibility index (Phi) is 7.35. The number of nitrogens with zero attached hydrogens (tertiary/aromatic N) is 3. The summed E-state index contributed by atoms with van der Waals surface area (Å²) in [6, 6.07) is 6.90. The molecule has 2 aliphatic rings. The molecule has 27 heavy (non-hydrogen) atoms. The Balaban J connectivity index is 0.00000261. The van der Waals surface area contributed by atoms with E-state index in [1.54, 1.807) is 7.11 Å². The van der Waals surface area contributed by atoms with Gasteiger partial charge in [0.15, 0.2) is 5.96 Å². The number of pyridine rings is 1. The molecule has 3 rings (SSSR count). The van der Waals surface area contributed by atoms with Gasteiger partial charge in [-0.1, -0.05) is 19.9 Å². The normalized spacial score (nSPS) is 28.1. The van der Waals surface area contributed by atoms with E-state index < -0.39 is 0 Å². The Bertz CT molecular complexity index is 631. The van der Waals surface area contributed by atoms with Crippen LogP contribution in [0.15, 0.2) is 29.4 Å². The van der Waals surface area contributed by atoms with Crippen LogP contribution in [0.25, 0.3) is 0 Å². The molecule has 152 valence electrons. The van der Waals surface area contributed by atoms with Crippen molar-refractivity contribution >= 4 is 35.8 Å². The number of guanidine groups is 1. The first kappa shape index (κ1) is 22.2. The topological polar surface area (TPSA) is 61.8 Å². The van der Waals surface area contributed by atoms with Crippen LogP contribution in [0.4, 0.5) is 5.82 Å². The Morgan fingerprint density at radius 3 is 2.44 bits per heavy atom. The largest absolute Gasteiger partial charge is 0.378 e. The highest BCUT2D eigenvalue weighted by atomic mass is 127. The second-order valence-corrected chi connectivity index (χ2v) is 8.22. The van der Waals surface area contributed by atoms with Gasteiger partial charge in [0.25, 0.3) is 0 Å². The Morgan fingerprint density at radius 2 is 1.93 bits per heavy atom. The summed E-state index contributed by atoms with van der Waals surface area (Å²) in [5, 5.41) is 7.22.